The van der Waals surface area contributed by atoms with Gasteiger partial charge in [-0.15, -0.1) is 0 Å². The minimum absolute atomic E-state index is 0.126. The number of carboxylic acid groups (broad SMARTS) is 1. The molecule has 1 heterocycles. The van der Waals surface area contributed by atoms with Gasteiger partial charge in [-0.1, -0.05) is 0 Å². The summed E-state index contributed by atoms with van der Waals surface area (Å²) < 4.78 is 13.7. The first kappa shape index (κ1) is 11.7. The molecule has 2 unspecified atom stereocenters. The first-order valence-electron chi connectivity index (χ1n) is 5.55. The Morgan fingerprint density at radius 2 is 2.06 bits per heavy atom. The Balaban J connectivity index is 2.06. The van der Waals surface area contributed by atoms with Gasteiger partial charge in [-0.05, 0) is 30.7 Å². The molecule has 17 heavy (non-hydrogen) atoms. The van der Waals surface area contributed by atoms with Crippen molar-refractivity contribution < 1.29 is 14.3 Å². The molecule has 0 aromatic heterocycles. The Labute approximate surface area is 98.8 Å². The lowest BCUT2D eigenvalue weighted by Gasteiger charge is -2.34. The molecule has 2 atom stereocenters. The van der Waals surface area contributed by atoms with Crippen molar-refractivity contribution in [2.24, 2.45) is 5.92 Å². The molecule has 0 aliphatic carbocycles. The molecular weight excluding hydrogens is 223 g/mol. The second-order valence-corrected chi connectivity index (χ2v) is 4.29. The van der Waals surface area contributed by atoms with Gasteiger partial charge in [0.05, 0.1) is 12.5 Å². The number of alkyl halides is 1. The number of aliphatic carboxylic acids is 1. The topological polar surface area (TPSA) is 66.6 Å². The smallest absolute Gasteiger partial charge is 0.309 e. The number of rotatable bonds is 2. The molecule has 0 amide bonds. The van der Waals surface area contributed by atoms with E-state index in [4.69, 9.17) is 10.8 Å². The van der Waals surface area contributed by atoms with Crippen molar-refractivity contribution >= 4 is 17.3 Å². The lowest BCUT2D eigenvalue weighted by molar-refractivity contribution is -0.144. The monoisotopic (exact) mass is 238 g/mol. The van der Waals surface area contributed by atoms with Crippen LogP contribution >= 0.6 is 0 Å². The second kappa shape index (κ2) is 4.61. The van der Waals surface area contributed by atoms with Gasteiger partial charge in [0, 0.05) is 17.9 Å². The maximum atomic E-state index is 13.7. The lowest BCUT2D eigenvalue weighted by atomic mass is 9.95. The van der Waals surface area contributed by atoms with Gasteiger partial charge in [-0.2, -0.15) is 0 Å². The average molecular weight is 238 g/mol. The van der Waals surface area contributed by atoms with E-state index in [0.717, 1.165) is 5.69 Å². The number of carbonyl (C=O) groups is 1. The van der Waals surface area contributed by atoms with Gasteiger partial charge < -0.3 is 15.7 Å². The van der Waals surface area contributed by atoms with Gasteiger partial charge >= 0.3 is 5.97 Å². The van der Waals surface area contributed by atoms with Crippen LogP contribution in [-0.4, -0.2) is 30.3 Å². The zero-order chi connectivity index (χ0) is 12.4. The van der Waals surface area contributed by atoms with E-state index in [-0.39, 0.29) is 6.54 Å². The van der Waals surface area contributed by atoms with Gasteiger partial charge in [-0.25, -0.2) is 4.39 Å². The van der Waals surface area contributed by atoms with Crippen LogP contribution in [0.2, 0.25) is 0 Å². The zero-order valence-electron chi connectivity index (χ0n) is 9.34. The Morgan fingerprint density at radius 1 is 1.41 bits per heavy atom. The second-order valence-electron chi connectivity index (χ2n) is 4.29. The predicted molar refractivity (Wildman–Crippen MR) is 63.7 cm³/mol. The highest BCUT2D eigenvalue weighted by Crippen LogP contribution is 2.26. The van der Waals surface area contributed by atoms with Crippen molar-refractivity contribution in [3.8, 4) is 0 Å². The van der Waals surface area contributed by atoms with Crippen molar-refractivity contribution in [1.29, 1.82) is 0 Å². The van der Waals surface area contributed by atoms with Crippen LogP contribution in [0.5, 0.6) is 0 Å². The van der Waals surface area contributed by atoms with E-state index in [0.29, 0.717) is 18.7 Å². The minimum Gasteiger partial charge on any atom is -0.481 e. The number of halogens is 1. The van der Waals surface area contributed by atoms with Gasteiger partial charge in [0.1, 0.15) is 6.17 Å². The van der Waals surface area contributed by atoms with Crippen LogP contribution in [0, 0.1) is 5.92 Å². The van der Waals surface area contributed by atoms with Crippen molar-refractivity contribution in [3.05, 3.63) is 24.3 Å². The number of piperidine rings is 1. The Kier molecular flexibility index (Phi) is 3.17. The highest BCUT2D eigenvalue weighted by Gasteiger charge is 2.34. The summed E-state index contributed by atoms with van der Waals surface area (Å²) in [6.07, 6.45) is -0.986. The number of carboxylic acids is 1. The van der Waals surface area contributed by atoms with Crippen LogP contribution in [0.25, 0.3) is 0 Å². The Morgan fingerprint density at radius 3 is 2.59 bits per heavy atom. The molecule has 92 valence electrons. The summed E-state index contributed by atoms with van der Waals surface area (Å²) in [5.74, 6) is -1.92. The third-order valence-corrected chi connectivity index (χ3v) is 3.12. The first-order chi connectivity index (χ1) is 8.08. The van der Waals surface area contributed by atoms with Crippen LogP contribution in [0.3, 0.4) is 0 Å². The molecular formula is C12H15FN2O2. The fourth-order valence-electron chi connectivity index (χ4n) is 2.10. The van der Waals surface area contributed by atoms with Crippen molar-refractivity contribution in [3.63, 3.8) is 0 Å². The van der Waals surface area contributed by atoms with Crippen molar-refractivity contribution in [2.45, 2.75) is 12.6 Å². The van der Waals surface area contributed by atoms with Gasteiger partial charge in [-0.3, -0.25) is 4.79 Å². The molecule has 2 rings (SSSR count). The largest absolute Gasteiger partial charge is 0.481 e. The summed E-state index contributed by atoms with van der Waals surface area (Å²) in [6.45, 7) is 0.683. The van der Waals surface area contributed by atoms with E-state index in [1.165, 1.54) is 0 Å². The molecule has 1 aliphatic rings. The summed E-state index contributed by atoms with van der Waals surface area (Å²) in [6, 6.07) is 7.16. The zero-order valence-corrected chi connectivity index (χ0v) is 9.34. The molecule has 0 saturated carbocycles. The average Bonchev–Trinajstić information content (AvgIpc) is 2.29. The van der Waals surface area contributed by atoms with Crippen LogP contribution in [0.15, 0.2) is 24.3 Å². The fourth-order valence-corrected chi connectivity index (χ4v) is 2.10. The fraction of sp³-hybridized carbons (Fsp3) is 0.417. The van der Waals surface area contributed by atoms with Crippen molar-refractivity contribution in [2.75, 3.05) is 23.7 Å². The number of hydrogen-bond acceptors (Lipinski definition) is 3. The highest BCUT2D eigenvalue weighted by molar-refractivity contribution is 5.71. The van der Waals surface area contributed by atoms with E-state index >= 15 is 0 Å². The molecule has 1 fully saturated rings. The molecule has 1 aliphatic heterocycles. The SMILES string of the molecule is Nc1ccc(N2CCC(C(=O)O)C(F)C2)cc1. The predicted octanol–water partition coefficient (Wildman–Crippen LogP) is 1.52. The molecule has 5 heteroatoms. The molecule has 0 spiro atoms. The highest BCUT2D eigenvalue weighted by atomic mass is 19.1. The number of hydrogen-bond donors (Lipinski definition) is 2. The number of anilines is 2. The van der Waals surface area contributed by atoms with Gasteiger partial charge in [0.25, 0.3) is 0 Å². The van der Waals surface area contributed by atoms with Gasteiger partial charge in [0.15, 0.2) is 0 Å². The lowest BCUT2D eigenvalue weighted by Crippen LogP contribution is -2.44. The summed E-state index contributed by atoms with van der Waals surface area (Å²) in [7, 11) is 0. The summed E-state index contributed by atoms with van der Waals surface area (Å²) in [5, 5.41) is 8.83. The third-order valence-electron chi connectivity index (χ3n) is 3.12. The normalized spacial score (nSPS) is 24.6. The van der Waals surface area contributed by atoms with E-state index in [9.17, 15) is 9.18 Å². The Hall–Kier alpha value is -1.78. The van der Waals surface area contributed by atoms with Crippen LogP contribution < -0.4 is 10.6 Å². The van der Waals surface area contributed by atoms with E-state index in [2.05, 4.69) is 0 Å². The van der Waals surface area contributed by atoms with Crippen LogP contribution in [0.4, 0.5) is 15.8 Å². The molecule has 0 radical (unpaired) electrons. The van der Waals surface area contributed by atoms with Crippen LogP contribution in [0.1, 0.15) is 6.42 Å². The van der Waals surface area contributed by atoms with E-state index < -0.39 is 18.1 Å². The van der Waals surface area contributed by atoms with E-state index in [1.807, 2.05) is 17.0 Å². The standard InChI is InChI=1S/C12H15FN2O2/c13-11-7-15(6-5-10(11)12(16)17)9-3-1-8(14)2-4-9/h1-4,10-11H,5-7,14H2,(H,16,17). The maximum absolute atomic E-state index is 13.7. The third kappa shape index (κ3) is 2.49. The Bertz CT molecular complexity index is 407. The molecule has 3 N–H and O–H groups in total. The molecule has 1 aromatic carbocycles. The number of benzene rings is 1. The summed E-state index contributed by atoms with van der Waals surface area (Å²) in [4.78, 5) is 12.6. The quantitative estimate of drug-likeness (QED) is 0.766. The summed E-state index contributed by atoms with van der Waals surface area (Å²) in [5.41, 5.74) is 7.11. The molecule has 4 nitrogen and oxygen atoms in total. The van der Waals surface area contributed by atoms with Gasteiger partial charge in [0.2, 0.25) is 0 Å². The van der Waals surface area contributed by atoms with E-state index in [1.54, 1.807) is 12.1 Å². The maximum Gasteiger partial charge on any atom is 0.309 e. The van der Waals surface area contributed by atoms with Crippen molar-refractivity contribution in [1.82, 2.24) is 0 Å². The summed E-state index contributed by atoms with van der Waals surface area (Å²) >= 11 is 0. The minimum atomic E-state index is -1.32. The number of nitrogens with two attached hydrogens (primary N) is 1. The molecule has 0 bridgehead atoms. The molecule has 1 aromatic rings. The first-order valence-corrected chi connectivity index (χ1v) is 5.55. The number of nitrogen functional groups attached to an aromatic ring is 1. The van der Waals surface area contributed by atoms with Crippen LogP contribution in [-0.2, 0) is 4.79 Å². The number of nitrogens with zero attached hydrogens (tertiary/aromatic N) is 1. The molecule has 1 saturated heterocycles.